The molecule has 0 heterocycles. The molecule has 2 N–H and O–H groups in total. The molecule has 0 aromatic rings. The van der Waals surface area contributed by atoms with E-state index in [9.17, 15) is 19.0 Å². The van der Waals surface area contributed by atoms with Crippen molar-refractivity contribution in [1.82, 2.24) is 5.32 Å². The highest BCUT2D eigenvalue weighted by molar-refractivity contribution is 7.47. The summed E-state index contributed by atoms with van der Waals surface area (Å²) in [7, 11) is 1.51. The van der Waals surface area contributed by atoms with Gasteiger partial charge in [-0.05, 0) is 89.5 Å². The maximum absolute atomic E-state index is 13.7. The van der Waals surface area contributed by atoms with Crippen LogP contribution >= 0.6 is 7.82 Å². The van der Waals surface area contributed by atoms with Crippen LogP contribution in [0.2, 0.25) is 0 Å². The van der Waals surface area contributed by atoms with Gasteiger partial charge in [-0.15, -0.1) is 0 Å². The van der Waals surface area contributed by atoms with Gasteiger partial charge < -0.3 is 19.4 Å². The first-order valence-corrected chi connectivity index (χ1v) is 40.0. The highest BCUT2D eigenvalue weighted by Gasteiger charge is 2.30. The van der Waals surface area contributed by atoms with Gasteiger partial charge in [0.1, 0.15) is 19.3 Å². The van der Waals surface area contributed by atoms with Gasteiger partial charge in [-0.2, -0.15) is 0 Å². The van der Waals surface area contributed by atoms with Crippen molar-refractivity contribution in [3.05, 3.63) is 48.6 Å². The number of likely N-dealkylation sites (N-methyl/N-ethyl adjacent to an activating group) is 1. The second-order valence-corrected chi connectivity index (χ2v) is 29.0. The van der Waals surface area contributed by atoms with Gasteiger partial charge in [-0.25, -0.2) is 4.57 Å². The zero-order valence-corrected chi connectivity index (χ0v) is 60.4. The molecule has 0 spiro atoms. The fraction of sp³-hybridized carbons (Fsp3) is 0.872. The number of rotatable bonds is 71. The number of allylic oxidation sites excluding steroid dienone is 7. The molecule has 1 amide bonds. The molecule has 0 aromatic heterocycles. The molecule has 0 aliphatic carbocycles. The lowest BCUT2D eigenvalue weighted by molar-refractivity contribution is -0.870. The number of amides is 1. The van der Waals surface area contributed by atoms with E-state index in [-0.39, 0.29) is 25.1 Å². The second-order valence-electron chi connectivity index (χ2n) is 27.5. The highest BCUT2D eigenvalue weighted by atomic mass is 31.2. The van der Waals surface area contributed by atoms with Gasteiger partial charge in [0.15, 0.2) is 0 Å². The van der Waals surface area contributed by atoms with Crippen molar-refractivity contribution in [2.75, 3.05) is 40.9 Å². The Hall–Kier alpha value is -2.03. The molecule has 10 heteroatoms. The van der Waals surface area contributed by atoms with Crippen LogP contribution in [-0.2, 0) is 27.9 Å². The van der Waals surface area contributed by atoms with E-state index >= 15 is 0 Å². The van der Waals surface area contributed by atoms with Gasteiger partial charge in [0.25, 0.3) is 0 Å². The Bertz CT molecular complexity index is 1640. The molecular weight excluding hydrogens is 1110 g/mol. The zero-order chi connectivity index (χ0) is 64.2. The van der Waals surface area contributed by atoms with Gasteiger partial charge in [0.2, 0.25) is 5.91 Å². The van der Waals surface area contributed by atoms with Crippen LogP contribution in [0.3, 0.4) is 0 Å². The van der Waals surface area contributed by atoms with E-state index in [1.165, 1.54) is 289 Å². The lowest BCUT2D eigenvalue weighted by atomic mass is 10.0. The average Bonchev–Trinajstić information content (AvgIpc) is 3.71. The number of phosphoric ester groups is 1. The first-order valence-electron chi connectivity index (χ1n) is 38.5. The fourth-order valence-electron chi connectivity index (χ4n) is 11.6. The molecule has 0 bridgehead atoms. The van der Waals surface area contributed by atoms with E-state index < -0.39 is 20.0 Å². The maximum Gasteiger partial charge on any atom is 0.472 e. The SMILES string of the molecule is CCCCC/C=C\C/C=C\CCCCCCCCCCCCCCCC(=O)OC(/C=C\CCCCCCCCCCCC)C(COP(=O)(O)OCC[N+](C)(C)C)NC(=O)CCCCCCCCCCCCCCCCCCC/C=C/CCCCCCCC. The van der Waals surface area contributed by atoms with Gasteiger partial charge in [-0.3, -0.25) is 18.6 Å². The smallest absolute Gasteiger partial charge is 0.456 e. The Kier molecular flexibility index (Phi) is 66.3. The van der Waals surface area contributed by atoms with Crippen LogP contribution in [0.5, 0.6) is 0 Å². The summed E-state index contributed by atoms with van der Waals surface area (Å²) in [6, 6.07) is -0.848. The van der Waals surface area contributed by atoms with Crippen molar-refractivity contribution in [2.24, 2.45) is 0 Å². The summed E-state index contributed by atoms with van der Waals surface area (Å²) in [6.45, 7) is 7.05. The van der Waals surface area contributed by atoms with Crippen LogP contribution in [0.1, 0.15) is 387 Å². The Balaban J connectivity index is 4.93. The Morgan fingerprint density at radius 3 is 1.06 bits per heavy atom. The first-order chi connectivity index (χ1) is 42.9. The number of quaternary nitrogens is 1. The standard InChI is InChI=1S/C78H149N2O7P/c1-7-10-13-16-19-22-25-28-30-32-34-36-38-39-40-41-43-44-46-48-50-52-55-58-61-64-67-70-77(81)79-75(74-86-88(83,84)85-73-72-80(4,5)6)76(69-66-63-60-57-54-27-24-21-18-15-12-9-3)87-78(82)71-68-65-62-59-56-53-51-49-47-45-42-37-35-33-31-29-26-23-20-17-14-11-8-2/h20,23,28-31,66,69,75-76H,7-19,21-22,24-27,32-65,67-68,70-74H2,1-6H3,(H-,79,81,83,84)/p+1/b23-20-,30-28+,31-29-,69-66-. The molecule has 9 nitrogen and oxygen atoms in total. The van der Waals surface area contributed by atoms with E-state index in [2.05, 4.69) is 68.6 Å². The number of esters is 1. The summed E-state index contributed by atoms with van der Waals surface area (Å²) < 4.78 is 30.9. The third kappa shape index (κ3) is 68.3. The molecular formula is C78H150N2O7P+. The summed E-state index contributed by atoms with van der Waals surface area (Å²) in [5, 5.41) is 3.08. The molecule has 0 saturated heterocycles. The number of nitrogens with one attached hydrogen (secondary N) is 1. The van der Waals surface area contributed by atoms with E-state index in [0.29, 0.717) is 23.9 Å². The number of unbranched alkanes of at least 4 members (excludes halogenated alkanes) is 49. The molecule has 0 aliphatic heterocycles. The monoisotopic (exact) mass is 1260 g/mol. The number of nitrogens with zero attached hydrogens (tertiary/aromatic N) is 1. The van der Waals surface area contributed by atoms with Crippen LogP contribution < -0.4 is 5.32 Å². The summed E-state index contributed by atoms with van der Waals surface area (Å²) in [5.41, 5.74) is 0. The highest BCUT2D eigenvalue weighted by Crippen LogP contribution is 2.43. The van der Waals surface area contributed by atoms with Crippen molar-refractivity contribution in [1.29, 1.82) is 0 Å². The van der Waals surface area contributed by atoms with E-state index in [1.54, 1.807) is 0 Å². The van der Waals surface area contributed by atoms with E-state index in [0.717, 1.165) is 64.2 Å². The number of phosphoric acid groups is 1. The normalized spacial score (nSPS) is 13.7. The minimum atomic E-state index is -4.45. The molecule has 3 atom stereocenters. The molecule has 0 rings (SSSR count). The Morgan fingerprint density at radius 1 is 0.398 bits per heavy atom. The van der Waals surface area contributed by atoms with Crippen molar-refractivity contribution in [3.8, 4) is 0 Å². The van der Waals surface area contributed by atoms with Gasteiger partial charge in [0, 0.05) is 12.8 Å². The minimum Gasteiger partial charge on any atom is -0.456 e. The maximum atomic E-state index is 13.7. The van der Waals surface area contributed by atoms with Crippen molar-refractivity contribution >= 4 is 19.7 Å². The minimum absolute atomic E-state index is 0.0423. The second kappa shape index (κ2) is 67.8. The summed E-state index contributed by atoms with van der Waals surface area (Å²) >= 11 is 0. The van der Waals surface area contributed by atoms with Crippen molar-refractivity contribution in [2.45, 2.75) is 399 Å². The number of hydrogen-bond acceptors (Lipinski definition) is 6. The average molecular weight is 1260 g/mol. The predicted molar refractivity (Wildman–Crippen MR) is 383 cm³/mol. The fourth-order valence-corrected chi connectivity index (χ4v) is 12.3. The lowest BCUT2D eigenvalue weighted by Crippen LogP contribution is -2.47. The lowest BCUT2D eigenvalue weighted by Gasteiger charge is -2.27. The van der Waals surface area contributed by atoms with Crippen molar-refractivity contribution < 1.29 is 37.3 Å². The first kappa shape index (κ1) is 86.0. The number of carbonyl (C=O) groups excluding carboxylic acids is 2. The van der Waals surface area contributed by atoms with Crippen LogP contribution in [0.15, 0.2) is 48.6 Å². The topological polar surface area (TPSA) is 111 Å². The van der Waals surface area contributed by atoms with Crippen LogP contribution in [0.4, 0.5) is 0 Å². The molecule has 3 unspecified atom stereocenters. The molecule has 518 valence electrons. The third-order valence-corrected chi connectivity index (χ3v) is 18.5. The van der Waals surface area contributed by atoms with Gasteiger partial charge in [0.05, 0.1) is 33.8 Å². The number of ether oxygens (including phenoxy) is 1. The van der Waals surface area contributed by atoms with Gasteiger partial charge in [-0.1, -0.05) is 333 Å². The van der Waals surface area contributed by atoms with E-state index in [4.69, 9.17) is 13.8 Å². The van der Waals surface area contributed by atoms with Crippen molar-refractivity contribution in [3.63, 3.8) is 0 Å². The summed E-state index contributed by atoms with van der Waals surface area (Å²) in [5.74, 6) is -0.486. The van der Waals surface area contributed by atoms with Crippen LogP contribution in [0.25, 0.3) is 0 Å². The van der Waals surface area contributed by atoms with Crippen LogP contribution in [-0.4, -0.2) is 74.3 Å². The Morgan fingerprint density at radius 2 is 0.693 bits per heavy atom. The van der Waals surface area contributed by atoms with Crippen LogP contribution in [0, 0.1) is 0 Å². The molecule has 0 aromatic carbocycles. The zero-order valence-electron chi connectivity index (χ0n) is 59.5. The van der Waals surface area contributed by atoms with E-state index in [1.807, 2.05) is 27.2 Å². The largest absolute Gasteiger partial charge is 0.472 e. The molecule has 0 saturated carbocycles. The number of carbonyl (C=O) groups is 2. The molecule has 88 heavy (non-hydrogen) atoms. The third-order valence-electron chi connectivity index (χ3n) is 17.5. The summed E-state index contributed by atoms with van der Waals surface area (Å²) in [4.78, 5) is 38.0. The summed E-state index contributed by atoms with van der Waals surface area (Å²) in [6.07, 6.45) is 87.1. The molecule has 0 fully saturated rings. The van der Waals surface area contributed by atoms with Gasteiger partial charge >= 0.3 is 13.8 Å². The number of hydrogen-bond donors (Lipinski definition) is 2. The predicted octanol–water partition coefficient (Wildman–Crippen LogP) is 24.7. The Labute approximate surface area is 548 Å². The molecule has 0 aliphatic rings. The molecule has 0 radical (unpaired) electrons. The quantitative estimate of drug-likeness (QED) is 0.0205.